The first-order chi connectivity index (χ1) is 8.21. The number of carbonyl (C=O) groups is 1. The maximum Gasteiger partial charge on any atom is 0.237 e. The number of nitrogens with zero attached hydrogens (tertiary/aromatic N) is 2. The van der Waals surface area contributed by atoms with Gasteiger partial charge in [0.15, 0.2) is 0 Å². The highest BCUT2D eigenvalue weighted by molar-refractivity contribution is 7.88. The van der Waals surface area contributed by atoms with Gasteiger partial charge in [0.1, 0.15) is 0 Å². The highest BCUT2D eigenvalue weighted by Gasteiger charge is 2.27. The van der Waals surface area contributed by atoms with Gasteiger partial charge in [0.2, 0.25) is 15.9 Å². The molecule has 0 spiro atoms. The lowest BCUT2D eigenvalue weighted by atomic mass is 10.0. The van der Waals surface area contributed by atoms with Crippen molar-refractivity contribution in [3.05, 3.63) is 0 Å². The van der Waals surface area contributed by atoms with E-state index in [1.54, 1.807) is 18.7 Å². The highest BCUT2D eigenvalue weighted by Crippen LogP contribution is 2.16. The number of hydrogen-bond acceptors (Lipinski definition) is 3. The van der Waals surface area contributed by atoms with Crippen LogP contribution in [-0.4, -0.2) is 55.5 Å². The molecule has 0 aromatic carbocycles. The summed E-state index contributed by atoms with van der Waals surface area (Å²) in [7, 11) is -3.33. The Morgan fingerprint density at radius 3 is 2.50 bits per heavy atom. The minimum Gasteiger partial charge on any atom is -0.341 e. The molecule has 1 aliphatic heterocycles. The summed E-state index contributed by atoms with van der Waals surface area (Å²) < 4.78 is 24.5. The minimum atomic E-state index is -3.33. The number of rotatable bonds is 4. The monoisotopic (exact) mass is 276 g/mol. The first-order valence-corrected chi connectivity index (χ1v) is 8.31. The summed E-state index contributed by atoms with van der Waals surface area (Å²) in [6, 6.07) is -0.189. The van der Waals surface area contributed by atoms with E-state index in [0.717, 1.165) is 32.2 Å². The number of amides is 1. The third-order valence-electron chi connectivity index (χ3n) is 3.30. The standard InChI is InChI=1S/C12H24N2O3S/c1-10(2)14(18(4,16)17)9-12(15)13-7-5-6-11(3)8-13/h10-11H,5-9H2,1-4H3. The quantitative estimate of drug-likeness (QED) is 0.767. The molecule has 0 N–H and O–H groups in total. The van der Waals surface area contributed by atoms with Gasteiger partial charge in [0.25, 0.3) is 0 Å². The van der Waals surface area contributed by atoms with Crippen LogP contribution in [0.25, 0.3) is 0 Å². The molecule has 1 heterocycles. The first kappa shape index (κ1) is 15.4. The molecule has 1 rings (SSSR count). The van der Waals surface area contributed by atoms with Gasteiger partial charge in [-0.25, -0.2) is 8.42 Å². The zero-order valence-corrected chi connectivity index (χ0v) is 12.5. The Hall–Kier alpha value is -0.620. The molecule has 1 fully saturated rings. The summed E-state index contributed by atoms with van der Waals surface area (Å²) in [6.45, 7) is 7.15. The van der Waals surface area contributed by atoms with Gasteiger partial charge in [0.05, 0.1) is 12.8 Å². The lowest BCUT2D eigenvalue weighted by Gasteiger charge is -2.33. The average Bonchev–Trinajstić information content (AvgIpc) is 2.23. The Balaban J connectivity index is 2.67. The summed E-state index contributed by atoms with van der Waals surface area (Å²) in [5, 5.41) is 0. The van der Waals surface area contributed by atoms with Crippen molar-refractivity contribution in [3.63, 3.8) is 0 Å². The van der Waals surface area contributed by atoms with E-state index in [0.29, 0.717) is 5.92 Å². The van der Waals surface area contributed by atoms with E-state index in [1.807, 2.05) is 0 Å². The van der Waals surface area contributed by atoms with E-state index in [-0.39, 0.29) is 18.5 Å². The van der Waals surface area contributed by atoms with Crippen LogP contribution in [-0.2, 0) is 14.8 Å². The average molecular weight is 276 g/mol. The summed E-state index contributed by atoms with van der Waals surface area (Å²) >= 11 is 0. The third kappa shape index (κ3) is 4.24. The molecule has 5 nitrogen and oxygen atoms in total. The fourth-order valence-corrected chi connectivity index (χ4v) is 3.44. The number of sulfonamides is 1. The molecule has 0 aliphatic carbocycles. The number of piperidine rings is 1. The zero-order valence-electron chi connectivity index (χ0n) is 11.7. The van der Waals surface area contributed by atoms with Gasteiger partial charge in [-0.2, -0.15) is 4.31 Å². The first-order valence-electron chi connectivity index (χ1n) is 6.46. The Morgan fingerprint density at radius 1 is 1.44 bits per heavy atom. The van der Waals surface area contributed by atoms with Crippen molar-refractivity contribution >= 4 is 15.9 Å². The molecule has 0 bridgehead atoms. The largest absolute Gasteiger partial charge is 0.341 e. The molecule has 0 saturated carbocycles. The Morgan fingerprint density at radius 2 is 2.06 bits per heavy atom. The maximum atomic E-state index is 12.1. The van der Waals surface area contributed by atoms with Crippen molar-refractivity contribution in [2.75, 3.05) is 25.9 Å². The van der Waals surface area contributed by atoms with E-state index in [2.05, 4.69) is 6.92 Å². The van der Waals surface area contributed by atoms with Crippen molar-refractivity contribution in [1.82, 2.24) is 9.21 Å². The van der Waals surface area contributed by atoms with Crippen molar-refractivity contribution in [3.8, 4) is 0 Å². The lowest BCUT2D eigenvalue weighted by molar-refractivity contribution is -0.133. The molecule has 0 aromatic rings. The summed E-state index contributed by atoms with van der Waals surface area (Å²) in [4.78, 5) is 13.9. The second-order valence-electron chi connectivity index (χ2n) is 5.49. The molecular weight excluding hydrogens is 252 g/mol. The molecule has 1 unspecified atom stereocenters. The minimum absolute atomic E-state index is 0.0385. The normalized spacial score (nSPS) is 21.7. The smallest absolute Gasteiger partial charge is 0.237 e. The van der Waals surface area contributed by atoms with E-state index in [9.17, 15) is 13.2 Å². The van der Waals surface area contributed by atoms with Gasteiger partial charge < -0.3 is 4.90 Å². The van der Waals surface area contributed by atoms with Crippen LogP contribution in [0.3, 0.4) is 0 Å². The van der Waals surface area contributed by atoms with Crippen LogP contribution >= 0.6 is 0 Å². The zero-order chi connectivity index (χ0) is 13.9. The summed E-state index contributed by atoms with van der Waals surface area (Å²) in [6.07, 6.45) is 3.30. The molecule has 0 aromatic heterocycles. The molecule has 106 valence electrons. The van der Waals surface area contributed by atoms with Crippen molar-refractivity contribution in [1.29, 1.82) is 0 Å². The molecule has 1 saturated heterocycles. The van der Waals surface area contributed by atoms with Crippen LogP contribution in [0.2, 0.25) is 0 Å². The Labute approximate surface area is 110 Å². The molecule has 1 atom stereocenters. The number of carbonyl (C=O) groups excluding carboxylic acids is 1. The van der Waals surface area contributed by atoms with Crippen LogP contribution in [0, 0.1) is 5.92 Å². The SMILES string of the molecule is CC1CCCN(C(=O)CN(C(C)C)S(C)(=O)=O)C1. The van der Waals surface area contributed by atoms with Crippen LogP contribution in [0.15, 0.2) is 0 Å². The Kier molecular flexibility index (Phi) is 5.16. The van der Waals surface area contributed by atoms with Crippen molar-refractivity contribution in [2.45, 2.75) is 39.7 Å². The number of likely N-dealkylation sites (tertiary alicyclic amines) is 1. The fraction of sp³-hybridized carbons (Fsp3) is 0.917. The summed E-state index contributed by atoms with van der Waals surface area (Å²) in [5.41, 5.74) is 0. The molecule has 1 amide bonds. The van der Waals surface area contributed by atoms with Crippen LogP contribution in [0.4, 0.5) is 0 Å². The third-order valence-corrected chi connectivity index (χ3v) is 4.71. The van der Waals surface area contributed by atoms with E-state index >= 15 is 0 Å². The molecule has 6 heteroatoms. The van der Waals surface area contributed by atoms with Gasteiger partial charge >= 0.3 is 0 Å². The van der Waals surface area contributed by atoms with Gasteiger partial charge in [0, 0.05) is 19.1 Å². The van der Waals surface area contributed by atoms with Gasteiger partial charge in [-0.15, -0.1) is 0 Å². The summed E-state index contributed by atoms with van der Waals surface area (Å²) in [5.74, 6) is 0.425. The molecule has 18 heavy (non-hydrogen) atoms. The van der Waals surface area contributed by atoms with Gasteiger partial charge in [-0.3, -0.25) is 4.79 Å². The highest BCUT2D eigenvalue weighted by atomic mass is 32.2. The predicted octanol–water partition coefficient (Wildman–Crippen LogP) is 0.915. The fourth-order valence-electron chi connectivity index (χ4n) is 2.33. The second-order valence-corrected chi connectivity index (χ2v) is 7.42. The van der Waals surface area contributed by atoms with Crippen molar-refractivity contribution in [2.24, 2.45) is 5.92 Å². The maximum absolute atomic E-state index is 12.1. The van der Waals surface area contributed by atoms with Crippen LogP contribution in [0.5, 0.6) is 0 Å². The molecule has 0 radical (unpaired) electrons. The number of hydrogen-bond donors (Lipinski definition) is 0. The van der Waals surface area contributed by atoms with Crippen LogP contribution < -0.4 is 0 Å². The second kappa shape index (κ2) is 6.02. The molecule has 1 aliphatic rings. The van der Waals surface area contributed by atoms with Crippen LogP contribution in [0.1, 0.15) is 33.6 Å². The van der Waals surface area contributed by atoms with E-state index in [1.165, 1.54) is 4.31 Å². The van der Waals surface area contributed by atoms with E-state index in [4.69, 9.17) is 0 Å². The topological polar surface area (TPSA) is 57.7 Å². The predicted molar refractivity (Wildman–Crippen MR) is 71.7 cm³/mol. The van der Waals surface area contributed by atoms with Gasteiger partial charge in [-0.1, -0.05) is 6.92 Å². The lowest BCUT2D eigenvalue weighted by Crippen LogP contribution is -2.47. The molecular formula is C12H24N2O3S. The van der Waals surface area contributed by atoms with Gasteiger partial charge in [-0.05, 0) is 32.6 Å². The van der Waals surface area contributed by atoms with Crippen molar-refractivity contribution < 1.29 is 13.2 Å². The van der Waals surface area contributed by atoms with E-state index < -0.39 is 10.0 Å². The Bertz CT molecular complexity index is 392.